The first-order valence-corrected chi connectivity index (χ1v) is 10.0. The van der Waals surface area contributed by atoms with E-state index in [0.29, 0.717) is 24.2 Å². The molecule has 0 spiro atoms. The summed E-state index contributed by atoms with van der Waals surface area (Å²) in [5.74, 6) is 0.147. The number of rotatable bonds is 8. The molecule has 2 heterocycles. The molecule has 0 saturated carbocycles. The zero-order chi connectivity index (χ0) is 21.7. The third-order valence-electron chi connectivity index (χ3n) is 5.03. The van der Waals surface area contributed by atoms with Gasteiger partial charge in [-0.2, -0.15) is 5.10 Å². The van der Waals surface area contributed by atoms with Crippen LogP contribution in [0.2, 0.25) is 0 Å². The number of carbonyl (C=O) groups is 2. The molecule has 7 heteroatoms. The summed E-state index contributed by atoms with van der Waals surface area (Å²) in [5.41, 5.74) is 4.73. The van der Waals surface area contributed by atoms with E-state index in [1.54, 1.807) is 11.7 Å². The Morgan fingerprint density at radius 1 is 1.03 bits per heavy atom. The van der Waals surface area contributed by atoms with E-state index in [4.69, 9.17) is 4.74 Å². The number of nitrogens with zero attached hydrogens (tertiary/aromatic N) is 3. The van der Waals surface area contributed by atoms with Gasteiger partial charge in [0.1, 0.15) is 18.0 Å². The minimum atomic E-state index is -0.459. The summed E-state index contributed by atoms with van der Waals surface area (Å²) in [5, 5.41) is 7.01. The Labute approximate surface area is 176 Å². The van der Waals surface area contributed by atoms with Crippen LogP contribution >= 0.6 is 0 Å². The average molecular weight is 409 g/mol. The van der Waals surface area contributed by atoms with Crippen molar-refractivity contribution in [3.05, 3.63) is 70.7 Å². The van der Waals surface area contributed by atoms with Crippen LogP contribution in [0.5, 0.6) is 0 Å². The number of hydrogen-bond acceptors (Lipinski definition) is 4. The van der Waals surface area contributed by atoms with Crippen LogP contribution in [0.25, 0.3) is 5.82 Å². The molecule has 30 heavy (non-hydrogen) atoms. The molecule has 3 aromatic rings. The Morgan fingerprint density at radius 2 is 1.70 bits per heavy atom. The third kappa shape index (κ3) is 4.97. The van der Waals surface area contributed by atoms with Crippen molar-refractivity contribution in [1.29, 1.82) is 0 Å². The molecule has 0 unspecified atom stereocenters. The lowest BCUT2D eigenvalue weighted by atomic mass is 10.1. The molecule has 0 atom stereocenters. The highest BCUT2D eigenvalue weighted by Gasteiger charge is 2.21. The molecule has 158 valence electrons. The fourth-order valence-corrected chi connectivity index (χ4v) is 3.36. The van der Waals surface area contributed by atoms with Crippen molar-refractivity contribution in [3.63, 3.8) is 0 Å². The molecule has 3 rings (SSSR count). The predicted octanol–water partition coefficient (Wildman–Crippen LogP) is 3.04. The van der Waals surface area contributed by atoms with E-state index in [1.807, 2.05) is 61.7 Å². The van der Waals surface area contributed by atoms with Gasteiger partial charge >= 0.3 is 5.97 Å². The Morgan fingerprint density at radius 3 is 2.37 bits per heavy atom. The molecule has 1 amide bonds. The average Bonchev–Trinajstić information content (AvgIpc) is 3.25. The van der Waals surface area contributed by atoms with Gasteiger partial charge in [-0.3, -0.25) is 9.48 Å². The van der Waals surface area contributed by atoms with Crippen molar-refractivity contribution in [2.24, 2.45) is 7.05 Å². The predicted molar refractivity (Wildman–Crippen MR) is 115 cm³/mol. The molecule has 0 aliphatic rings. The fraction of sp³-hybridized carbons (Fsp3) is 0.348. The molecule has 0 saturated heterocycles. The van der Waals surface area contributed by atoms with Gasteiger partial charge < -0.3 is 14.6 Å². The van der Waals surface area contributed by atoms with Crippen LogP contribution in [0.3, 0.4) is 0 Å². The van der Waals surface area contributed by atoms with Gasteiger partial charge in [-0.1, -0.05) is 29.8 Å². The largest absolute Gasteiger partial charge is 0.460 e. The maximum Gasteiger partial charge on any atom is 0.343 e. The molecule has 1 N–H and O–H groups in total. The summed E-state index contributed by atoms with van der Waals surface area (Å²) >= 11 is 0. The fourth-order valence-electron chi connectivity index (χ4n) is 3.36. The number of aromatic nitrogens is 3. The van der Waals surface area contributed by atoms with Gasteiger partial charge in [0.2, 0.25) is 5.91 Å². The lowest BCUT2D eigenvalue weighted by Gasteiger charge is -2.12. The van der Waals surface area contributed by atoms with E-state index in [1.165, 1.54) is 11.8 Å². The maximum absolute atomic E-state index is 12.6. The third-order valence-corrected chi connectivity index (χ3v) is 5.03. The summed E-state index contributed by atoms with van der Waals surface area (Å²) in [6, 6.07) is 12.1. The SMILES string of the molecule is Cc1ccc(CCC(=O)NCCOC(=O)c2cnn(C)c2-n2c(C)ccc2C)cc1. The van der Waals surface area contributed by atoms with Crippen molar-refractivity contribution in [3.8, 4) is 5.82 Å². The molecule has 0 radical (unpaired) electrons. The highest BCUT2D eigenvalue weighted by molar-refractivity contribution is 5.92. The van der Waals surface area contributed by atoms with Gasteiger partial charge in [0.05, 0.1) is 12.7 Å². The number of aryl methyl sites for hydroxylation is 5. The summed E-state index contributed by atoms with van der Waals surface area (Å²) in [6.45, 7) is 6.36. The van der Waals surface area contributed by atoms with Crippen molar-refractivity contribution in [1.82, 2.24) is 19.7 Å². The quantitative estimate of drug-likeness (QED) is 0.459. The summed E-state index contributed by atoms with van der Waals surface area (Å²) in [6.07, 6.45) is 2.59. The Balaban J connectivity index is 1.49. The monoisotopic (exact) mass is 408 g/mol. The maximum atomic E-state index is 12.6. The minimum absolute atomic E-state index is 0.0627. The molecular formula is C23H28N4O3. The molecule has 0 bridgehead atoms. The Bertz CT molecular complexity index is 1010. The van der Waals surface area contributed by atoms with Gasteiger partial charge in [-0.25, -0.2) is 4.79 Å². The molecule has 0 aliphatic heterocycles. The molecule has 0 fully saturated rings. The van der Waals surface area contributed by atoms with Crippen LogP contribution in [0.1, 0.15) is 39.3 Å². The topological polar surface area (TPSA) is 78.2 Å². The van der Waals surface area contributed by atoms with Crippen LogP contribution in [0.15, 0.2) is 42.6 Å². The minimum Gasteiger partial charge on any atom is -0.460 e. The first-order chi connectivity index (χ1) is 14.4. The van der Waals surface area contributed by atoms with Crippen LogP contribution in [0, 0.1) is 20.8 Å². The van der Waals surface area contributed by atoms with E-state index in [2.05, 4.69) is 10.4 Å². The zero-order valence-corrected chi connectivity index (χ0v) is 17.9. The zero-order valence-electron chi connectivity index (χ0n) is 17.9. The van der Waals surface area contributed by atoms with Gasteiger partial charge in [-0.15, -0.1) is 0 Å². The van der Waals surface area contributed by atoms with Crippen LogP contribution in [-0.4, -0.2) is 39.4 Å². The van der Waals surface area contributed by atoms with Crippen LogP contribution in [-0.2, 0) is 23.0 Å². The van der Waals surface area contributed by atoms with Crippen LogP contribution < -0.4 is 5.32 Å². The second-order valence-corrected chi connectivity index (χ2v) is 7.43. The summed E-state index contributed by atoms with van der Waals surface area (Å²) < 4.78 is 8.99. The highest BCUT2D eigenvalue weighted by atomic mass is 16.5. The number of hydrogen-bond donors (Lipinski definition) is 1. The molecule has 0 aliphatic carbocycles. The number of nitrogens with one attached hydrogen (secondary N) is 1. The number of carbonyl (C=O) groups excluding carboxylic acids is 2. The number of benzene rings is 1. The Kier molecular flexibility index (Phi) is 6.72. The molecular weight excluding hydrogens is 380 g/mol. The first-order valence-electron chi connectivity index (χ1n) is 10.0. The van der Waals surface area contributed by atoms with Gasteiger partial charge in [0.15, 0.2) is 0 Å². The first kappa shape index (κ1) is 21.4. The highest BCUT2D eigenvalue weighted by Crippen LogP contribution is 2.20. The second-order valence-electron chi connectivity index (χ2n) is 7.43. The van der Waals surface area contributed by atoms with Crippen molar-refractivity contribution >= 4 is 11.9 Å². The van der Waals surface area contributed by atoms with Crippen molar-refractivity contribution in [2.45, 2.75) is 33.6 Å². The smallest absolute Gasteiger partial charge is 0.343 e. The van der Waals surface area contributed by atoms with Gasteiger partial charge in [0.25, 0.3) is 0 Å². The lowest BCUT2D eigenvalue weighted by Crippen LogP contribution is -2.28. The number of amides is 1. The van der Waals surface area contributed by atoms with Gasteiger partial charge in [0, 0.05) is 24.9 Å². The lowest BCUT2D eigenvalue weighted by molar-refractivity contribution is -0.121. The second kappa shape index (κ2) is 9.43. The Hall–Kier alpha value is -3.35. The summed E-state index contributed by atoms with van der Waals surface area (Å²) in [7, 11) is 1.79. The molecule has 1 aromatic carbocycles. The van der Waals surface area contributed by atoms with E-state index < -0.39 is 5.97 Å². The van der Waals surface area contributed by atoms with E-state index in [9.17, 15) is 9.59 Å². The molecule has 7 nitrogen and oxygen atoms in total. The summed E-state index contributed by atoms with van der Waals surface area (Å²) in [4.78, 5) is 24.6. The van der Waals surface area contributed by atoms with E-state index >= 15 is 0 Å². The molecule has 2 aromatic heterocycles. The van der Waals surface area contributed by atoms with Crippen molar-refractivity contribution < 1.29 is 14.3 Å². The number of esters is 1. The van der Waals surface area contributed by atoms with E-state index in [-0.39, 0.29) is 19.1 Å². The van der Waals surface area contributed by atoms with E-state index in [0.717, 1.165) is 17.0 Å². The van der Waals surface area contributed by atoms with Gasteiger partial charge in [-0.05, 0) is 44.9 Å². The standard InChI is InChI=1S/C23H28N4O3/c1-16-5-9-19(10-6-16)11-12-21(28)24-13-14-30-23(29)20-15-25-26(4)22(20)27-17(2)7-8-18(27)3/h5-10,15H,11-14H2,1-4H3,(H,24,28). The normalized spacial score (nSPS) is 10.8. The number of ether oxygens (including phenoxy) is 1. The van der Waals surface area contributed by atoms with Crippen molar-refractivity contribution in [2.75, 3.05) is 13.2 Å². The van der Waals surface area contributed by atoms with Crippen LogP contribution in [0.4, 0.5) is 0 Å².